The summed E-state index contributed by atoms with van der Waals surface area (Å²) in [6.45, 7) is 2.28. The first kappa shape index (κ1) is 15.7. The molecule has 1 atom stereocenters. The molecule has 0 saturated heterocycles. The zero-order valence-electron chi connectivity index (χ0n) is 14.1. The standard InChI is InChI=1S/C18H21N5O2/c1-11(24)23-7-6-12-8-14(4-5-17(12)23)20-18(25)21-15-3-2-13-10-19-22-16(13)9-15/h4-5,8,10,15H,2-3,6-7,9H2,1H3,(H,19,22)(H2,20,21,25)/t15-/m1/s1. The van der Waals surface area contributed by atoms with Crippen molar-refractivity contribution in [2.75, 3.05) is 16.8 Å². The number of urea groups is 1. The predicted molar refractivity (Wildman–Crippen MR) is 94.7 cm³/mol. The van der Waals surface area contributed by atoms with E-state index in [1.54, 1.807) is 11.8 Å². The molecule has 0 saturated carbocycles. The Morgan fingerprint density at radius 3 is 3.00 bits per heavy atom. The van der Waals surface area contributed by atoms with Crippen LogP contribution in [0.25, 0.3) is 0 Å². The molecule has 25 heavy (non-hydrogen) atoms. The van der Waals surface area contributed by atoms with E-state index in [0.717, 1.165) is 48.3 Å². The molecule has 3 amide bonds. The molecule has 7 nitrogen and oxygen atoms in total. The Morgan fingerprint density at radius 1 is 1.28 bits per heavy atom. The largest absolute Gasteiger partial charge is 0.335 e. The number of carbonyl (C=O) groups excluding carboxylic acids is 2. The van der Waals surface area contributed by atoms with E-state index in [-0.39, 0.29) is 18.0 Å². The molecule has 2 aromatic rings. The van der Waals surface area contributed by atoms with Gasteiger partial charge in [-0.1, -0.05) is 0 Å². The number of nitrogens with one attached hydrogen (secondary N) is 3. The molecule has 0 fully saturated rings. The highest BCUT2D eigenvalue weighted by atomic mass is 16.2. The van der Waals surface area contributed by atoms with E-state index in [0.29, 0.717) is 6.54 Å². The molecule has 0 radical (unpaired) electrons. The molecular formula is C18H21N5O2. The van der Waals surface area contributed by atoms with Gasteiger partial charge in [-0.2, -0.15) is 5.10 Å². The molecule has 2 heterocycles. The number of aryl methyl sites for hydroxylation is 1. The monoisotopic (exact) mass is 339 g/mol. The number of benzene rings is 1. The number of aromatic nitrogens is 2. The van der Waals surface area contributed by atoms with Gasteiger partial charge in [0.2, 0.25) is 5.91 Å². The maximum atomic E-state index is 12.3. The topological polar surface area (TPSA) is 90.1 Å². The number of carbonyl (C=O) groups is 2. The molecule has 0 bridgehead atoms. The fourth-order valence-electron chi connectivity index (χ4n) is 3.69. The third-order valence-electron chi connectivity index (χ3n) is 4.97. The average molecular weight is 339 g/mol. The van der Waals surface area contributed by atoms with Gasteiger partial charge >= 0.3 is 6.03 Å². The van der Waals surface area contributed by atoms with Crippen molar-refractivity contribution in [2.45, 2.75) is 38.6 Å². The highest BCUT2D eigenvalue weighted by molar-refractivity contribution is 5.95. The van der Waals surface area contributed by atoms with Gasteiger partial charge in [0.15, 0.2) is 0 Å². The third-order valence-corrected chi connectivity index (χ3v) is 4.97. The Kier molecular flexibility index (Phi) is 3.91. The summed E-state index contributed by atoms with van der Waals surface area (Å²) in [6.07, 6.45) is 5.30. The van der Waals surface area contributed by atoms with Crippen LogP contribution in [0, 0.1) is 0 Å². The molecule has 4 rings (SSSR count). The zero-order valence-corrected chi connectivity index (χ0v) is 14.1. The Labute approximate surface area is 145 Å². The van der Waals surface area contributed by atoms with E-state index < -0.39 is 0 Å². The maximum Gasteiger partial charge on any atom is 0.319 e. The molecule has 0 spiro atoms. The van der Waals surface area contributed by atoms with Gasteiger partial charge in [0.1, 0.15) is 0 Å². The molecule has 1 aliphatic carbocycles. The minimum Gasteiger partial charge on any atom is -0.335 e. The first-order valence-corrected chi connectivity index (χ1v) is 8.60. The van der Waals surface area contributed by atoms with Crippen LogP contribution in [0.2, 0.25) is 0 Å². The van der Waals surface area contributed by atoms with Crippen LogP contribution in [0.1, 0.15) is 30.2 Å². The molecular weight excluding hydrogens is 318 g/mol. The van der Waals surface area contributed by atoms with E-state index in [9.17, 15) is 9.59 Å². The molecule has 130 valence electrons. The van der Waals surface area contributed by atoms with Crippen molar-refractivity contribution in [3.63, 3.8) is 0 Å². The third kappa shape index (κ3) is 3.09. The van der Waals surface area contributed by atoms with E-state index in [1.807, 2.05) is 24.4 Å². The van der Waals surface area contributed by atoms with Crippen LogP contribution < -0.4 is 15.5 Å². The minimum atomic E-state index is -0.200. The zero-order chi connectivity index (χ0) is 17.4. The summed E-state index contributed by atoms with van der Waals surface area (Å²) in [5, 5.41) is 13.0. The number of hydrogen-bond acceptors (Lipinski definition) is 3. The summed E-state index contributed by atoms with van der Waals surface area (Å²) in [5.74, 6) is 0.0488. The van der Waals surface area contributed by atoms with Crippen LogP contribution in [0.3, 0.4) is 0 Å². The Bertz CT molecular complexity index is 829. The van der Waals surface area contributed by atoms with Crippen LogP contribution in [0.4, 0.5) is 16.2 Å². The fraction of sp³-hybridized carbons (Fsp3) is 0.389. The number of anilines is 2. The van der Waals surface area contributed by atoms with Crippen molar-refractivity contribution in [1.29, 1.82) is 0 Å². The van der Waals surface area contributed by atoms with Crippen LogP contribution in [-0.4, -0.2) is 34.7 Å². The molecule has 7 heteroatoms. The van der Waals surface area contributed by atoms with Crippen molar-refractivity contribution < 1.29 is 9.59 Å². The number of H-pyrrole nitrogens is 1. The lowest BCUT2D eigenvalue weighted by Crippen LogP contribution is -2.41. The van der Waals surface area contributed by atoms with E-state index in [2.05, 4.69) is 20.8 Å². The van der Waals surface area contributed by atoms with E-state index >= 15 is 0 Å². The summed E-state index contributed by atoms with van der Waals surface area (Å²) >= 11 is 0. The number of hydrogen-bond donors (Lipinski definition) is 3. The van der Waals surface area contributed by atoms with Crippen molar-refractivity contribution in [3.8, 4) is 0 Å². The first-order chi connectivity index (χ1) is 12.1. The normalized spacial score (nSPS) is 18.4. The molecule has 1 aromatic heterocycles. The van der Waals surface area contributed by atoms with Crippen molar-refractivity contribution in [2.24, 2.45) is 0 Å². The molecule has 2 aliphatic rings. The second kappa shape index (κ2) is 6.23. The smallest absolute Gasteiger partial charge is 0.319 e. The Balaban J connectivity index is 1.38. The molecule has 1 aliphatic heterocycles. The van der Waals surface area contributed by atoms with Gasteiger partial charge in [-0.25, -0.2) is 4.79 Å². The molecule has 1 aromatic carbocycles. The van der Waals surface area contributed by atoms with Crippen LogP contribution in [0.15, 0.2) is 24.4 Å². The Morgan fingerprint density at radius 2 is 2.16 bits per heavy atom. The minimum absolute atomic E-state index is 0.0488. The number of amides is 3. The number of fused-ring (bicyclic) bond motifs is 2. The van der Waals surface area contributed by atoms with Gasteiger partial charge in [0.05, 0.1) is 6.20 Å². The molecule has 0 unspecified atom stereocenters. The summed E-state index contributed by atoms with van der Waals surface area (Å²) in [6, 6.07) is 5.60. The van der Waals surface area contributed by atoms with Crippen molar-refractivity contribution in [1.82, 2.24) is 15.5 Å². The van der Waals surface area contributed by atoms with Gasteiger partial charge in [-0.05, 0) is 48.6 Å². The quantitative estimate of drug-likeness (QED) is 0.782. The fourth-order valence-corrected chi connectivity index (χ4v) is 3.69. The second-order valence-electron chi connectivity index (χ2n) is 6.68. The van der Waals surface area contributed by atoms with Crippen LogP contribution in [0.5, 0.6) is 0 Å². The van der Waals surface area contributed by atoms with Gasteiger partial charge in [0, 0.05) is 43.0 Å². The molecule has 3 N–H and O–H groups in total. The van der Waals surface area contributed by atoms with Crippen molar-refractivity contribution >= 4 is 23.3 Å². The summed E-state index contributed by atoms with van der Waals surface area (Å²) in [5.41, 5.74) is 5.13. The van der Waals surface area contributed by atoms with Crippen LogP contribution >= 0.6 is 0 Å². The lowest BCUT2D eigenvalue weighted by Gasteiger charge is -2.23. The number of aromatic amines is 1. The Hall–Kier alpha value is -2.83. The summed E-state index contributed by atoms with van der Waals surface area (Å²) < 4.78 is 0. The highest BCUT2D eigenvalue weighted by Gasteiger charge is 2.23. The predicted octanol–water partition coefficient (Wildman–Crippen LogP) is 2.00. The van der Waals surface area contributed by atoms with Gasteiger partial charge in [-0.15, -0.1) is 0 Å². The van der Waals surface area contributed by atoms with Gasteiger partial charge < -0.3 is 15.5 Å². The number of nitrogens with zero attached hydrogens (tertiary/aromatic N) is 2. The lowest BCUT2D eigenvalue weighted by molar-refractivity contribution is -0.116. The number of rotatable bonds is 2. The maximum absolute atomic E-state index is 12.3. The van der Waals surface area contributed by atoms with E-state index in [4.69, 9.17) is 0 Å². The SMILES string of the molecule is CC(=O)N1CCc2cc(NC(=O)N[C@@H]3CCc4cn[nH]c4C3)ccc21. The van der Waals surface area contributed by atoms with Gasteiger partial charge in [-0.3, -0.25) is 9.89 Å². The summed E-state index contributed by atoms with van der Waals surface area (Å²) in [4.78, 5) is 25.7. The van der Waals surface area contributed by atoms with Gasteiger partial charge in [0.25, 0.3) is 0 Å². The van der Waals surface area contributed by atoms with Crippen molar-refractivity contribution in [3.05, 3.63) is 41.2 Å². The lowest BCUT2D eigenvalue weighted by atomic mass is 9.94. The second-order valence-corrected chi connectivity index (χ2v) is 6.68. The summed E-state index contributed by atoms with van der Waals surface area (Å²) in [7, 11) is 0. The highest BCUT2D eigenvalue weighted by Crippen LogP contribution is 2.30. The van der Waals surface area contributed by atoms with E-state index in [1.165, 1.54) is 5.56 Å². The average Bonchev–Trinajstić information content (AvgIpc) is 3.20. The first-order valence-electron chi connectivity index (χ1n) is 8.60. The van der Waals surface area contributed by atoms with Crippen LogP contribution in [-0.2, 0) is 24.1 Å².